The zero-order valence-electron chi connectivity index (χ0n) is 10.9. The molecule has 2 aliphatic rings. The molecule has 0 bridgehead atoms. The third-order valence-electron chi connectivity index (χ3n) is 4.24. The zero-order chi connectivity index (χ0) is 12.4. The molecule has 0 spiro atoms. The summed E-state index contributed by atoms with van der Waals surface area (Å²) in [6.07, 6.45) is 3.68. The molecule has 1 unspecified atom stereocenters. The third kappa shape index (κ3) is 2.99. The van der Waals surface area contributed by atoms with E-state index in [2.05, 4.69) is 23.6 Å². The third-order valence-corrected chi connectivity index (χ3v) is 4.24. The molecule has 0 saturated carbocycles. The van der Waals surface area contributed by atoms with Crippen molar-refractivity contribution in [1.82, 2.24) is 9.80 Å². The second kappa shape index (κ2) is 5.36. The molecule has 2 heterocycles. The van der Waals surface area contributed by atoms with Crippen molar-refractivity contribution in [2.24, 2.45) is 5.92 Å². The Balaban J connectivity index is 1.78. The van der Waals surface area contributed by atoms with Gasteiger partial charge < -0.3 is 10.0 Å². The lowest BCUT2D eigenvalue weighted by atomic mass is 9.95. The van der Waals surface area contributed by atoms with Crippen LogP contribution in [-0.2, 0) is 4.79 Å². The summed E-state index contributed by atoms with van der Waals surface area (Å²) >= 11 is 0. The van der Waals surface area contributed by atoms with Gasteiger partial charge in [0.05, 0.1) is 5.92 Å². The molecule has 0 aromatic heterocycles. The highest BCUT2D eigenvalue weighted by Crippen LogP contribution is 2.25. The molecule has 98 valence electrons. The van der Waals surface area contributed by atoms with Crippen molar-refractivity contribution in [3.05, 3.63) is 0 Å². The first kappa shape index (κ1) is 12.8. The summed E-state index contributed by atoms with van der Waals surface area (Å²) in [7, 11) is 0. The van der Waals surface area contributed by atoms with Crippen molar-refractivity contribution in [1.29, 1.82) is 0 Å². The molecular weight excluding hydrogens is 216 g/mol. The summed E-state index contributed by atoms with van der Waals surface area (Å²) in [6, 6.07) is 1.26. The lowest BCUT2D eigenvalue weighted by Gasteiger charge is -2.42. The van der Waals surface area contributed by atoms with E-state index in [1.54, 1.807) is 0 Å². The van der Waals surface area contributed by atoms with E-state index in [1.807, 2.05) is 0 Å². The van der Waals surface area contributed by atoms with Crippen molar-refractivity contribution in [3.63, 3.8) is 0 Å². The smallest absolute Gasteiger partial charge is 0.309 e. The van der Waals surface area contributed by atoms with Crippen LogP contribution in [-0.4, -0.2) is 59.1 Å². The second-order valence-electron chi connectivity index (χ2n) is 5.70. The van der Waals surface area contributed by atoms with Gasteiger partial charge in [-0.2, -0.15) is 0 Å². The minimum absolute atomic E-state index is 0.112. The number of nitrogens with zero attached hydrogens (tertiary/aromatic N) is 2. The van der Waals surface area contributed by atoms with Gasteiger partial charge in [-0.3, -0.25) is 9.69 Å². The van der Waals surface area contributed by atoms with Crippen LogP contribution in [0.1, 0.15) is 33.1 Å². The van der Waals surface area contributed by atoms with Gasteiger partial charge >= 0.3 is 5.97 Å². The maximum Gasteiger partial charge on any atom is 0.309 e. The maximum atomic E-state index is 10.8. The number of carbonyl (C=O) groups is 1. The lowest BCUT2D eigenvalue weighted by molar-refractivity contribution is -0.148. The maximum absolute atomic E-state index is 10.8. The van der Waals surface area contributed by atoms with Crippen LogP contribution < -0.4 is 0 Å². The van der Waals surface area contributed by atoms with Gasteiger partial charge in [-0.25, -0.2) is 0 Å². The van der Waals surface area contributed by atoms with Gasteiger partial charge in [0.15, 0.2) is 0 Å². The molecule has 0 aromatic rings. The van der Waals surface area contributed by atoms with Crippen molar-refractivity contribution in [3.8, 4) is 0 Å². The summed E-state index contributed by atoms with van der Waals surface area (Å²) < 4.78 is 0. The Hall–Kier alpha value is -0.610. The average molecular weight is 240 g/mol. The SMILES string of the molecule is CC(C)N1CCCC(N2CC(C(=O)O)C2)CC1. The summed E-state index contributed by atoms with van der Waals surface area (Å²) in [5.41, 5.74) is 0. The number of aliphatic carboxylic acids is 1. The number of hydrogen-bond donors (Lipinski definition) is 1. The number of rotatable bonds is 3. The molecular formula is C13H24N2O2. The fourth-order valence-electron chi connectivity index (χ4n) is 2.95. The number of hydrogen-bond acceptors (Lipinski definition) is 3. The van der Waals surface area contributed by atoms with E-state index in [-0.39, 0.29) is 5.92 Å². The van der Waals surface area contributed by atoms with E-state index < -0.39 is 5.97 Å². The first-order valence-electron chi connectivity index (χ1n) is 6.79. The molecule has 4 nitrogen and oxygen atoms in total. The van der Waals surface area contributed by atoms with Gasteiger partial charge in [0.2, 0.25) is 0 Å². The van der Waals surface area contributed by atoms with E-state index in [0.717, 1.165) is 19.6 Å². The summed E-state index contributed by atoms with van der Waals surface area (Å²) in [5, 5.41) is 8.88. The van der Waals surface area contributed by atoms with Crippen LogP contribution in [0.5, 0.6) is 0 Å². The Morgan fingerprint density at radius 1 is 1.24 bits per heavy atom. The Bertz CT molecular complexity index is 275. The predicted molar refractivity (Wildman–Crippen MR) is 67.0 cm³/mol. The Morgan fingerprint density at radius 2 is 1.94 bits per heavy atom. The number of likely N-dealkylation sites (tertiary alicyclic amines) is 2. The molecule has 2 saturated heterocycles. The minimum atomic E-state index is -0.626. The summed E-state index contributed by atoms with van der Waals surface area (Å²) in [6.45, 7) is 8.40. The highest BCUT2D eigenvalue weighted by molar-refractivity contribution is 5.71. The lowest BCUT2D eigenvalue weighted by Crippen LogP contribution is -2.55. The number of carboxylic acid groups (broad SMARTS) is 1. The van der Waals surface area contributed by atoms with E-state index >= 15 is 0 Å². The van der Waals surface area contributed by atoms with E-state index in [1.165, 1.54) is 25.8 Å². The quantitative estimate of drug-likeness (QED) is 0.806. The Labute approximate surface area is 104 Å². The van der Waals surface area contributed by atoms with Crippen molar-refractivity contribution < 1.29 is 9.90 Å². The molecule has 2 fully saturated rings. The van der Waals surface area contributed by atoms with Crippen LogP contribution in [0, 0.1) is 5.92 Å². The number of carboxylic acids is 1. The summed E-state index contributed by atoms with van der Waals surface area (Å²) in [5.74, 6) is -0.738. The van der Waals surface area contributed by atoms with Crippen LogP contribution in [0.15, 0.2) is 0 Å². The average Bonchev–Trinajstić information content (AvgIpc) is 2.40. The standard InChI is InChI=1S/C13H24N2O2/c1-10(2)14-6-3-4-12(5-7-14)15-8-11(9-15)13(16)17/h10-12H,3-9H2,1-2H3,(H,16,17). The molecule has 1 atom stereocenters. The normalized spacial score (nSPS) is 29.0. The molecule has 0 amide bonds. The molecule has 0 radical (unpaired) electrons. The highest BCUT2D eigenvalue weighted by Gasteiger charge is 2.37. The van der Waals surface area contributed by atoms with Gasteiger partial charge in [-0.15, -0.1) is 0 Å². The predicted octanol–water partition coefficient (Wildman–Crippen LogP) is 1.27. The van der Waals surface area contributed by atoms with Crippen LogP contribution in [0.25, 0.3) is 0 Å². The van der Waals surface area contributed by atoms with E-state index in [0.29, 0.717) is 12.1 Å². The van der Waals surface area contributed by atoms with Gasteiger partial charge in [-0.05, 0) is 46.2 Å². The highest BCUT2D eigenvalue weighted by atomic mass is 16.4. The van der Waals surface area contributed by atoms with Crippen molar-refractivity contribution >= 4 is 5.97 Å². The molecule has 1 N–H and O–H groups in total. The topological polar surface area (TPSA) is 43.8 Å². The van der Waals surface area contributed by atoms with Crippen molar-refractivity contribution in [2.45, 2.75) is 45.2 Å². The second-order valence-corrected chi connectivity index (χ2v) is 5.70. The molecule has 2 aliphatic heterocycles. The molecule has 17 heavy (non-hydrogen) atoms. The van der Waals surface area contributed by atoms with Gasteiger partial charge in [0, 0.05) is 25.2 Å². The Kier molecular flexibility index (Phi) is 4.05. The molecule has 4 heteroatoms. The molecule has 0 aromatic carbocycles. The van der Waals surface area contributed by atoms with E-state index in [9.17, 15) is 4.79 Å². The van der Waals surface area contributed by atoms with Crippen molar-refractivity contribution in [2.75, 3.05) is 26.2 Å². The van der Waals surface area contributed by atoms with Gasteiger partial charge in [0.1, 0.15) is 0 Å². The van der Waals surface area contributed by atoms with Crippen LogP contribution in [0.2, 0.25) is 0 Å². The first-order valence-corrected chi connectivity index (χ1v) is 6.79. The fourth-order valence-corrected chi connectivity index (χ4v) is 2.95. The molecule has 0 aliphatic carbocycles. The monoisotopic (exact) mass is 240 g/mol. The zero-order valence-corrected chi connectivity index (χ0v) is 10.9. The van der Waals surface area contributed by atoms with Crippen LogP contribution >= 0.6 is 0 Å². The largest absolute Gasteiger partial charge is 0.481 e. The molecule has 2 rings (SSSR count). The van der Waals surface area contributed by atoms with Crippen LogP contribution in [0.4, 0.5) is 0 Å². The minimum Gasteiger partial charge on any atom is -0.481 e. The van der Waals surface area contributed by atoms with Gasteiger partial charge in [-0.1, -0.05) is 0 Å². The Morgan fingerprint density at radius 3 is 2.53 bits per heavy atom. The summed E-state index contributed by atoms with van der Waals surface area (Å²) in [4.78, 5) is 15.7. The van der Waals surface area contributed by atoms with Crippen LogP contribution in [0.3, 0.4) is 0 Å². The first-order chi connectivity index (χ1) is 8.08. The van der Waals surface area contributed by atoms with Gasteiger partial charge in [0.25, 0.3) is 0 Å². The fraction of sp³-hybridized carbons (Fsp3) is 0.923. The van der Waals surface area contributed by atoms with E-state index in [4.69, 9.17) is 5.11 Å².